The van der Waals surface area contributed by atoms with Crippen LogP contribution in [0, 0.1) is 0 Å². The van der Waals surface area contributed by atoms with Crippen LogP contribution in [0.15, 0.2) is 0 Å². The molecule has 2 unspecified atom stereocenters. The van der Waals surface area contributed by atoms with Gasteiger partial charge < -0.3 is 9.84 Å². The van der Waals surface area contributed by atoms with Crippen molar-refractivity contribution in [1.82, 2.24) is 0 Å². The molecule has 0 amide bonds. The maximum Gasteiger partial charge on any atom is 0.272 e. The lowest BCUT2D eigenvalue weighted by Crippen LogP contribution is -2.39. The predicted octanol–water partition coefficient (Wildman–Crippen LogP) is 2.27. The highest BCUT2D eigenvalue weighted by atomic mass is 19.3. The number of hydrogen-bond acceptors (Lipinski definition) is 2. The van der Waals surface area contributed by atoms with E-state index in [1.165, 1.54) is 0 Å². The molecule has 14 heavy (non-hydrogen) atoms. The molecule has 2 nitrogen and oxygen atoms in total. The summed E-state index contributed by atoms with van der Waals surface area (Å²) in [7, 11) is 0. The summed E-state index contributed by atoms with van der Waals surface area (Å²) in [5.41, 5.74) is -1.90. The number of ether oxygens (including phenoxy) is 1. The Morgan fingerprint density at radius 3 is 1.36 bits per heavy atom. The fraction of sp³-hybridized carbons (Fsp3) is 1.00. The number of hydrogen-bond donors (Lipinski definition) is 1. The van der Waals surface area contributed by atoms with Crippen molar-refractivity contribution in [1.29, 1.82) is 0 Å². The summed E-state index contributed by atoms with van der Waals surface area (Å²) in [4.78, 5) is 0. The topological polar surface area (TPSA) is 32.8 Å². The Morgan fingerprint density at radius 2 is 1.36 bits per heavy atom. The van der Waals surface area contributed by atoms with Crippen LogP contribution in [-0.4, -0.2) is 29.1 Å². The van der Waals surface area contributed by atoms with Crippen molar-refractivity contribution in [3.8, 4) is 0 Å². The Morgan fingerprint density at radius 1 is 1.21 bits per heavy atom. The second-order valence-corrected chi connectivity index (χ2v) is 3.64. The van der Waals surface area contributed by atoms with E-state index in [9.17, 15) is 13.2 Å². The average molecular weight is 220 g/mol. The van der Waals surface area contributed by atoms with Crippen LogP contribution >= 0.6 is 0 Å². The molecule has 2 atom stereocenters. The monoisotopic (exact) mass is 220 g/mol. The summed E-state index contributed by atoms with van der Waals surface area (Å²) in [5, 5.41) is 8.60. The van der Waals surface area contributed by atoms with Crippen molar-refractivity contribution in [3.63, 3.8) is 0 Å². The third kappa shape index (κ3) is 6.15. The first-order valence-electron chi connectivity index (χ1n) is 3.95. The van der Waals surface area contributed by atoms with Gasteiger partial charge in [-0.1, -0.05) is 0 Å². The van der Waals surface area contributed by atoms with Crippen LogP contribution in [0.2, 0.25) is 0 Å². The molecule has 0 spiro atoms. The molecular weight excluding hydrogens is 204 g/mol. The van der Waals surface area contributed by atoms with E-state index in [2.05, 4.69) is 4.74 Å². The third-order valence-electron chi connectivity index (χ3n) is 1.71. The molecule has 1 N–H and O–H groups in total. The molecule has 1 rings (SSSR count). The van der Waals surface area contributed by atoms with E-state index in [1.54, 1.807) is 6.92 Å². The quantitative estimate of drug-likeness (QED) is 0.543. The van der Waals surface area contributed by atoms with E-state index < -0.39 is 17.9 Å². The minimum Gasteiger partial charge on any atom is -0.384 e. The molecule has 0 radical (unpaired) electrons. The molecule has 0 aromatic heterocycles. The van der Waals surface area contributed by atoms with Crippen LogP contribution in [0.4, 0.5) is 17.9 Å². The lowest BCUT2D eigenvalue weighted by atomic mass is 10.0. The smallest absolute Gasteiger partial charge is 0.272 e. The maximum atomic E-state index is 12.0. The van der Waals surface area contributed by atoms with Gasteiger partial charge in [-0.3, -0.25) is 4.70 Å². The Kier molecular flexibility index (Phi) is 5.66. The predicted molar refractivity (Wildman–Crippen MR) is 44.9 cm³/mol. The first-order valence-corrected chi connectivity index (χ1v) is 3.95. The molecule has 0 aliphatic carbocycles. The maximum absolute atomic E-state index is 12.0. The standard InChI is InChI=1S/C5H10F2O.C3H5FO.FH/c1-4(2,8)5(3,6)7;1-2-3(4)5-2;/h8H,1-3H3;2-3H,1H3;1H. The van der Waals surface area contributed by atoms with E-state index in [4.69, 9.17) is 5.11 Å². The van der Waals surface area contributed by atoms with Gasteiger partial charge in [0.25, 0.3) is 5.92 Å². The van der Waals surface area contributed by atoms with E-state index in [0.717, 1.165) is 13.8 Å². The van der Waals surface area contributed by atoms with Crippen LogP contribution in [-0.2, 0) is 4.74 Å². The second-order valence-electron chi connectivity index (χ2n) is 3.64. The van der Waals surface area contributed by atoms with Crippen molar-refractivity contribution >= 4 is 0 Å². The highest BCUT2D eigenvalue weighted by Crippen LogP contribution is 2.26. The minimum atomic E-state index is -3.01. The molecule has 0 aromatic carbocycles. The highest BCUT2D eigenvalue weighted by molar-refractivity contribution is 4.79. The second kappa shape index (κ2) is 4.93. The number of epoxide rings is 1. The Hall–Kier alpha value is -0.360. The largest absolute Gasteiger partial charge is 0.384 e. The Balaban J connectivity index is 0. The molecule has 0 saturated carbocycles. The lowest BCUT2D eigenvalue weighted by molar-refractivity contribution is -0.148. The molecule has 6 heteroatoms. The normalized spacial score (nSPS) is 25.7. The number of halogens is 4. The van der Waals surface area contributed by atoms with E-state index in [0.29, 0.717) is 6.92 Å². The van der Waals surface area contributed by atoms with Crippen molar-refractivity contribution in [2.75, 3.05) is 0 Å². The van der Waals surface area contributed by atoms with Crippen LogP contribution < -0.4 is 0 Å². The average Bonchev–Trinajstić information content (AvgIpc) is 2.40. The summed E-state index contributed by atoms with van der Waals surface area (Å²) in [6.45, 7) is 4.54. The van der Waals surface area contributed by atoms with Crippen molar-refractivity contribution in [3.05, 3.63) is 0 Å². The van der Waals surface area contributed by atoms with Crippen LogP contribution in [0.3, 0.4) is 0 Å². The molecule has 88 valence electrons. The SMILES string of the molecule is CC(C)(O)C(C)(F)F.CC1OC1F.F. The minimum absolute atomic E-state index is 0. The number of aliphatic hydroxyl groups is 1. The summed E-state index contributed by atoms with van der Waals surface area (Å²) < 4.78 is 39.5. The van der Waals surface area contributed by atoms with Gasteiger partial charge in [-0.15, -0.1) is 0 Å². The highest BCUT2D eigenvalue weighted by Gasteiger charge is 2.39. The van der Waals surface area contributed by atoms with Crippen LogP contribution in [0.1, 0.15) is 27.7 Å². The Labute approximate surface area is 80.4 Å². The van der Waals surface area contributed by atoms with Gasteiger partial charge in [0, 0.05) is 6.92 Å². The van der Waals surface area contributed by atoms with Gasteiger partial charge in [0.1, 0.15) is 11.7 Å². The molecular formula is C8H16F4O2. The summed E-state index contributed by atoms with van der Waals surface area (Å²) in [5.74, 6) is -3.01. The summed E-state index contributed by atoms with van der Waals surface area (Å²) >= 11 is 0. The van der Waals surface area contributed by atoms with Crippen molar-refractivity contribution in [2.24, 2.45) is 0 Å². The Bertz CT molecular complexity index is 144. The van der Waals surface area contributed by atoms with Crippen molar-refractivity contribution < 1.29 is 27.7 Å². The van der Waals surface area contributed by atoms with Crippen LogP contribution in [0.25, 0.3) is 0 Å². The molecule has 0 bridgehead atoms. The zero-order valence-corrected chi connectivity index (χ0v) is 8.55. The first kappa shape index (κ1) is 16.1. The molecule has 1 heterocycles. The first-order chi connectivity index (χ1) is 5.55. The van der Waals surface area contributed by atoms with Gasteiger partial charge >= 0.3 is 0 Å². The van der Waals surface area contributed by atoms with Gasteiger partial charge in [-0.05, 0) is 20.8 Å². The molecule has 1 fully saturated rings. The fourth-order valence-corrected chi connectivity index (χ4v) is 0.160. The molecule has 0 aromatic rings. The summed E-state index contributed by atoms with van der Waals surface area (Å²) in [6, 6.07) is 0. The zero-order chi connectivity index (χ0) is 10.9. The lowest BCUT2D eigenvalue weighted by Gasteiger charge is -2.24. The van der Waals surface area contributed by atoms with Gasteiger partial charge in [0.15, 0.2) is 0 Å². The molecule has 1 aliphatic heterocycles. The number of rotatable bonds is 1. The fourth-order valence-electron chi connectivity index (χ4n) is 0.160. The van der Waals surface area contributed by atoms with E-state index in [-0.39, 0.29) is 10.8 Å². The number of alkyl halides is 3. The molecule has 1 aliphatic rings. The van der Waals surface area contributed by atoms with Crippen molar-refractivity contribution in [2.45, 2.75) is 51.7 Å². The van der Waals surface area contributed by atoms with E-state index in [1.807, 2.05) is 0 Å². The molecule has 1 saturated heterocycles. The van der Waals surface area contributed by atoms with Crippen LogP contribution in [0.5, 0.6) is 0 Å². The van der Waals surface area contributed by atoms with Gasteiger partial charge in [-0.2, -0.15) is 0 Å². The summed E-state index contributed by atoms with van der Waals surface area (Å²) in [6.07, 6.45) is -1.06. The van der Waals surface area contributed by atoms with E-state index >= 15 is 0 Å². The van der Waals surface area contributed by atoms with Gasteiger partial charge in [-0.25, -0.2) is 13.2 Å². The van der Waals surface area contributed by atoms with Gasteiger partial charge in [0.2, 0.25) is 6.36 Å². The third-order valence-corrected chi connectivity index (χ3v) is 1.71. The van der Waals surface area contributed by atoms with Gasteiger partial charge in [0.05, 0.1) is 0 Å². The zero-order valence-electron chi connectivity index (χ0n) is 8.55.